The zero-order valence-corrected chi connectivity index (χ0v) is 17.3. The minimum atomic E-state index is -0.0361. The number of aromatic amines is 1. The Hall–Kier alpha value is -3.09. The van der Waals surface area contributed by atoms with Gasteiger partial charge in [0.15, 0.2) is 0 Å². The van der Waals surface area contributed by atoms with E-state index in [0.717, 1.165) is 47.4 Å². The molecule has 0 spiro atoms. The van der Waals surface area contributed by atoms with E-state index >= 15 is 0 Å². The van der Waals surface area contributed by atoms with E-state index in [2.05, 4.69) is 26.7 Å². The molecule has 156 valence electrons. The molecule has 3 aromatic rings. The van der Waals surface area contributed by atoms with Gasteiger partial charge in [-0.3, -0.25) is 14.6 Å². The van der Waals surface area contributed by atoms with Crippen LogP contribution < -0.4 is 10.1 Å². The standard InChI is InChI=1S/C23H27N5O2/c1-28-14-16(13-24-28)15-6-8-22-18(12-15)19(10-11-30-22)25-23(29)9-7-21-17-4-2-3-5-20(17)26-27-21/h6,8,12-14,19H,2-5,7,9-11H2,1H3,(H,25,29)(H,26,27). The maximum atomic E-state index is 12.7. The van der Waals surface area contributed by atoms with Crippen LogP contribution in [0.1, 0.15) is 54.2 Å². The highest BCUT2D eigenvalue weighted by Crippen LogP contribution is 2.35. The average Bonchev–Trinajstić information content (AvgIpc) is 3.38. The number of nitrogens with one attached hydrogen (secondary N) is 2. The van der Waals surface area contributed by atoms with Gasteiger partial charge < -0.3 is 10.1 Å². The molecule has 1 aliphatic heterocycles. The fraction of sp³-hybridized carbons (Fsp3) is 0.435. The highest BCUT2D eigenvalue weighted by molar-refractivity contribution is 5.77. The largest absolute Gasteiger partial charge is 0.493 e. The molecule has 0 radical (unpaired) electrons. The van der Waals surface area contributed by atoms with Crippen molar-refractivity contribution in [2.45, 2.75) is 51.0 Å². The summed E-state index contributed by atoms with van der Waals surface area (Å²) in [5.41, 5.74) is 6.83. The van der Waals surface area contributed by atoms with Gasteiger partial charge in [-0.15, -0.1) is 0 Å². The van der Waals surface area contributed by atoms with E-state index in [1.54, 1.807) is 4.68 Å². The van der Waals surface area contributed by atoms with E-state index in [9.17, 15) is 4.79 Å². The topological polar surface area (TPSA) is 84.8 Å². The van der Waals surface area contributed by atoms with E-state index in [1.807, 2.05) is 31.6 Å². The van der Waals surface area contributed by atoms with Gasteiger partial charge in [0.25, 0.3) is 0 Å². The monoisotopic (exact) mass is 405 g/mol. The summed E-state index contributed by atoms with van der Waals surface area (Å²) in [5, 5.41) is 15.1. The second kappa shape index (κ2) is 7.97. The van der Waals surface area contributed by atoms with Crippen LogP contribution in [-0.2, 0) is 31.1 Å². The molecule has 2 N–H and O–H groups in total. The lowest BCUT2D eigenvalue weighted by Gasteiger charge is -2.27. The molecule has 7 nitrogen and oxygen atoms in total. The number of carbonyl (C=O) groups is 1. The van der Waals surface area contributed by atoms with Gasteiger partial charge >= 0.3 is 0 Å². The Balaban J connectivity index is 1.27. The Morgan fingerprint density at radius 3 is 3.07 bits per heavy atom. The van der Waals surface area contributed by atoms with Crippen LogP contribution in [0.5, 0.6) is 5.75 Å². The number of amides is 1. The van der Waals surface area contributed by atoms with Crippen LogP contribution in [0.3, 0.4) is 0 Å². The third-order valence-electron chi connectivity index (χ3n) is 6.15. The summed E-state index contributed by atoms with van der Waals surface area (Å²) < 4.78 is 7.62. The molecule has 3 heterocycles. The molecule has 2 aliphatic rings. The fourth-order valence-electron chi connectivity index (χ4n) is 4.55. The minimum Gasteiger partial charge on any atom is -0.493 e. The Morgan fingerprint density at radius 2 is 2.20 bits per heavy atom. The van der Waals surface area contributed by atoms with Crippen LogP contribution in [0.15, 0.2) is 30.6 Å². The summed E-state index contributed by atoms with van der Waals surface area (Å²) in [7, 11) is 1.91. The van der Waals surface area contributed by atoms with Gasteiger partial charge in [-0.2, -0.15) is 10.2 Å². The molecule has 1 aromatic carbocycles. The number of aromatic nitrogens is 4. The predicted molar refractivity (Wildman–Crippen MR) is 113 cm³/mol. The number of ether oxygens (including phenoxy) is 1. The van der Waals surface area contributed by atoms with E-state index in [4.69, 9.17) is 4.74 Å². The van der Waals surface area contributed by atoms with Crippen molar-refractivity contribution in [3.05, 3.63) is 53.1 Å². The number of hydrogen-bond donors (Lipinski definition) is 2. The Kier molecular flexibility index (Phi) is 5.02. The predicted octanol–water partition coefficient (Wildman–Crippen LogP) is 3.26. The van der Waals surface area contributed by atoms with Crippen molar-refractivity contribution in [2.24, 2.45) is 7.05 Å². The van der Waals surface area contributed by atoms with Gasteiger partial charge in [0.2, 0.25) is 5.91 Å². The number of H-pyrrole nitrogens is 1. The summed E-state index contributed by atoms with van der Waals surface area (Å²) in [5.74, 6) is 0.910. The third kappa shape index (κ3) is 3.72. The normalized spacial score (nSPS) is 17.7. The smallest absolute Gasteiger partial charge is 0.220 e. The number of benzene rings is 1. The van der Waals surface area contributed by atoms with Gasteiger partial charge in [-0.1, -0.05) is 6.07 Å². The van der Waals surface area contributed by atoms with Crippen molar-refractivity contribution in [1.82, 2.24) is 25.3 Å². The number of fused-ring (bicyclic) bond motifs is 2. The molecule has 5 rings (SSSR count). The van der Waals surface area contributed by atoms with Gasteiger partial charge in [0.05, 0.1) is 24.5 Å². The van der Waals surface area contributed by atoms with E-state index in [1.165, 1.54) is 24.1 Å². The molecule has 1 aliphatic carbocycles. The molecule has 0 saturated carbocycles. The number of hydrogen-bond acceptors (Lipinski definition) is 4. The van der Waals surface area contributed by atoms with Crippen molar-refractivity contribution in [3.63, 3.8) is 0 Å². The second-order valence-corrected chi connectivity index (χ2v) is 8.25. The third-order valence-corrected chi connectivity index (χ3v) is 6.15. The molecular formula is C23H27N5O2. The van der Waals surface area contributed by atoms with Crippen molar-refractivity contribution in [3.8, 4) is 16.9 Å². The molecule has 0 fully saturated rings. The molecule has 7 heteroatoms. The van der Waals surface area contributed by atoms with Crippen LogP contribution >= 0.6 is 0 Å². The maximum absolute atomic E-state index is 12.7. The molecule has 0 saturated heterocycles. The molecule has 1 amide bonds. The fourth-order valence-corrected chi connectivity index (χ4v) is 4.55. The van der Waals surface area contributed by atoms with Crippen molar-refractivity contribution < 1.29 is 9.53 Å². The molecular weight excluding hydrogens is 378 g/mol. The molecule has 30 heavy (non-hydrogen) atoms. The number of rotatable bonds is 5. The SMILES string of the molecule is Cn1cc(-c2ccc3c(c2)C(NC(=O)CCc2n[nH]c4c2CCCC4)CCO3)cn1. The van der Waals surface area contributed by atoms with Crippen LogP contribution in [-0.4, -0.2) is 32.5 Å². The van der Waals surface area contributed by atoms with Crippen LogP contribution in [0, 0.1) is 0 Å². The number of carbonyl (C=O) groups excluding carboxylic acids is 1. The Bertz CT molecular complexity index is 1070. The minimum absolute atomic E-state index is 0.0361. The summed E-state index contributed by atoms with van der Waals surface area (Å²) in [6.45, 7) is 0.608. The number of nitrogens with zero attached hydrogens (tertiary/aromatic N) is 3. The summed E-state index contributed by atoms with van der Waals surface area (Å²) in [6, 6.07) is 6.11. The molecule has 1 atom stereocenters. The first-order valence-electron chi connectivity index (χ1n) is 10.8. The van der Waals surface area contributed by atoms with Gasteiger partial charge in [-0.05, 0) is 48.9 Å². The summed E-state index contributed by atoms with van der Waals surface area (Å²) in [4.78, 5) is 12.7. The first kappa shape index (κ1) is 18.9. The zero-order chi connectivity index (χ0) is 20.5. The molecule has 2 aromatic heterocycles. The lowest BCUT2D eigenvalue weighted by Crippen LogP contribution is -2.32. The Labute approximate surface area is 175 Å². The Morgan fingerprint density at radius 1 is 1.30 bits per heavy atom. The van der Waals surface area contributed by atoms with Gasteiger partial charge in [-0.25, -0.2) is 0 Å². The average molecular weight is 406 g/mol. The van der Waals surface area contributed by atoms with Gasteiger partial charge in [0.1, 0.15) is 5.75 Å². The van der Waals surface area contributed by atoms with Gasteiger partial charge in [0, 0.05) is 49.3 Å². The van der Waals surface area contributed by atoms with Crippen molar-refractivity contribution >= 4 is 5.91 Å². The van der Waals surface area contributed by atoms with Crippen LogP contribution in [0.2, 0.25) is 0 Å². The van der Waals surface area contributed by atoms with Crippen molar-refractivity contribution in [2.75, 3.05) is 6.61 Å². The zero-order valence-electron chi connectivity index (χ0n) is 17.3. The van der Waals surface area contributed by atoms with E-state index < -0.39 is 0 Å². The second-order valence-electron chi connectivity index (χ2n) is 8.25. The van der Waals surface area contributed by atoms with E-state index in [0.29, 0.717) is 19.4 Å². The lowest BCUT2D eigenvalue weighted by atomic mass is 9.94. The van der Waals surface area contributed by atoms with E-state index in [-0.39, 0.29) is 11.9 Å². The first-order chi connectivity index (χ1) is 14.7. The maximum Gasteiger partial charge on any atom is 0.220 e. The van der Waals surface area contributed by atoms with Crippen LogP contribution in [0.4, 0.5) is 0 Å². The van der Waals surface area contributed by atoms with Crippen molar-refractivity contribution in [1.29, 1.82) is 0 Å². The van der Waals surface area contributed by atoms with Crippen LogP contribution in [0.25, 0.3) is 11.1 Å². The molecule has 0 bridgehead atoms. The first-order valence-corrected chi connectivity index (χ1v) is 10.8. The highest BCUT2D eigenvalue weighted by Gasteiger charge is 2.24. The summed E-state index contributed by atoms with van der Waals surface area (Å²) in [6.07, 6.45) is 10.3. The number of aryl methyl sites for hydroxylation is 3. The lowest BCUT2D eigenvalue weighted by molar-refractivity contribution is -0.122. The summed E-state index contributed by atoms with van der Waals surface area (Å²) >= 11 is 0. The highest BCUT2D eigenvalue weighted by atomic mass is 16.5. The quantitative estimate of drug-likeness (QED) is 0.682. The molecule has 1 unspecified atom stereocenters.